The maximum absolute atomic E-state index is 12.5. The number of anilines is 2. The topological polar surface area (TPSA) is 113 Å². The predicted molar refractivity (Wildman–Crippen MR) is 147 cm³/mol. The van der Waals surface area contributed by atoms with Crippen molar-refractivity contribution in [1.82, 2.24) is 25.0 Å². The Kier molecular flexibility index (Phi) is 7.79. The molecule has 196 valence electrons. The van der Waals surface area contributed by atoms with Crippen molar-refractivity contribution < 1.29 is 14.3 Å². The number of benzene rings is 2. The van der Waals surface area contributed by atoms with E-state index in [4.69, 9.17) is 4.74 Å². The molecule has 10 heteroatoms. The van der Waals surface area contributed by atoms with Gasteiger partial charge in [-0.25, -0.2) is 4.79 Å². The van der Waals surface area contributed by atoms with Gasteiger partial charge in [-0.1, -0.05) is 6.42 Å². The van der Waals surface area contributed by atoms with Crippen molar-refractivity contribution in [2.45, 2.75) is 19.3 Å². The summed E-state index contributed by atoms with van der Waals surface area (Å²) in [6.07, 6.45) is 7.05. The summed E-state index contributed by atoms with van der Waals surface area (Å²) in [6, 6.07) is 15.6. The van der Waals surface area contributed by atoms with Crippen molar-refractivity contribution in [2.75, 3.05) is 36.8 Å². The first kappa shape index (κ1) is 25.2. The zero-order chi connectivity index (χ0) is 26.3. The molecule has 3 N–H and O–H groups in total. The zero-order valence-corrected chi connectivity index (χ0v) is 21.3. The molecule has 0 atom stereocenters. The standard InChI is InChI=1S/C28H31N7O3/c1-34-26-10-7-22(17-20(26)19-31-34)33-28(37)32-21-5-8-23(9-6-21)38-24-11-12-29-25(18-24)27(36)30-13-16-35-14-3-2-4-15-35/h5-12,17-19H,2-4,13-16H2,1H3,(H,30,36)(H2,32,33,37). The monoisotopic (exact) mass is 513 g/mol. The van der Waals surface area contributed by atoms with Gasteiger partial charge in [0.25, 0.3) is 5.91 Å². The lowest BCUT2D eigenvalue weighted by molar-refractivity contribution is 0.0941. The summed E-state index contributed by atoms with van der Waals surface area (Å²) in [5.74, 6) is 0.853. The second kappa shape index (κ2) is 11.7. The zero-order valence-electron chi connectivity index (χ0n) is 21.3. The third-order valence-corrected chi connectivity index (χ3v) is 6.48. The van der Waals surface area contributed by atoms with Gasteiger partial charge in [0.15, 0.2) is 0 Å². The fourth-order valence-electron chi connectivity index (χ4n) is 4.48. The molecular weight excluding hydrogens is 482 g/mol. The van der Waals surface area contributed by atoms with E-state index in [0.29, 0.717) is 35.1 Å². The third-order valence-electron chi connectivity index (χ3n) is 6.48. The fraction of sp³-hybridized carbons (Fsp3) is 0.286. The number of carbonyl (C=O) groups excluding carboxylic acids is 2. The van der Waals surface area contributed by atoms with Crippen molar-refractivity contribution in [3.63, 3.8) is 0 Å². The van der Waals surface area contributed by atoms with Gasteiger partial charge in [0.05, 0.1) is 11.7 Å². The first-order valence-electron chi connectivity index (χ1n) is 12.8. The van der Waals surface area contributed by atoms with Gasteiger partial charge in [-0.05, 0) is 74.5 Å². The van der Waals surface area contributed by atoms with Crippen LogP contribution in [0.5, 0.6) is 11.5 Å². The summed E-state index contributed by atoms with van der Waals surface area (Å²) in [4.78, 5) is 31.5. The van der Waals surface area contributed by atoms with Gasteiger partial charge in [0, 0.05) is 49.2 Å². The van der Waals surface area contributed by atoms with Crippen LogP contribution in [0.2, 0.25) is 0 Å². The molecule has 1 fully saturated rings. The number of hydrogen-bond acceptors (Lipinski definition) is 6. The average Bonchev–Trinajstić information content (AvgIpc) is 3.30. The quantitative estimate of drug-likeness (QED) is 0.317. The minimum atomic E-state index is -0.355. The minimum Gasteiger partial charge on any atom is -0.457 e. The molecule has 3 heterocycles. The van der Waals surface area contributed by atoms with Crippen LogP contribution in [0, 0.1) is 0 Å². The second-order valence-corrected chi connectivity index (χ2v) is 9.28. The van der Waals surface area contributed by atoms with E-state index in [1.807, 2.05) is 25.2 Å². The van der Waals surface area contributed by atoms with Gasteiger partial charge in [0.2, 0.25) is 0 Å². The summed E-state index contributed by atoms with van der Waals surface area (Å²) >= 11 is 0. The lowest BCUT2D eigenvalue weighted by atomic mass is 10.1. The van der Waals surface area contributed by atoms with Crippen LogP contribution in [0.25, 0.3) is 10.9 Å². The Morgan fingerprint density at radius 3 is 2.50 bits per heavy atom. The van der Waals surface area contributed by atoms with E-state index < -0.39 is 0 Å². The number of urea groups is 1. The normalized spacial score (nSPS) is 13.7. The average molecular weight is 514 g/mol. The lowest BCUT2D eigenvalue weighted by Crippen LogP contribution is -2.37. The van der Waals surface area contributed by atoms with Gasteiger partial charge in [-0.2, -0.15) is 5.10 Å². The highest BCUT2D eigenvalue weighted by molar-refractivity contribution is 6.01. The third kappa shape index (κ3) is 6.46. The number of rotatable bonds is 8. The molecule has 1 saturated heterocycles. The molecule has 38 heavy (non-hydrogen) atoms. The molecule has 2 aromatic heterocycles. The van der Waals surface area contributed by atoms with E-state index in [1.165, 1.54) is 19.3 Å². The number of aromatic nitrogens is 3. The smallest absolute Gasteiger partial charge is 0.323 e. The Labute approximate surface area is 221 Å². The maximum Gasteiger partial charge on any atom is 0.323 e. The highest BCUT2D eigenvalue weighted by atomic mass is 16.5. The number of nitrogens with one attached hydrogen (secondary N) is 3. The van der Waals surface area contributed by atoms with E-state index >= 15 is 0 Å². The number of piperidine rings is 1. The number of nitrogens with zero attached hydrogens (tertiary/aromatic N) is 4. The number of amides is 3. The Bertz CT molecular complexity index is 1410. The molecule has 0 bridgehead atoms. The van der Waals surface area contributed by atoms with Crippen LogP contribution in [0.4, 0.5) is 16.2 Å². The van der Waals surface area contributed by atoms with Crippen LogP contribution >= 0.6 is 0 Å². The van der Waals surface area contributed by atoms with Crippen LogP contribution in [-0.2, 0) is 7.05 Å². The fourth-order valence-corrected chi connectivity index (χ4v) is 4.48. The van der Waals surface area contributed by atoms with Crippen molar-refractivity contribution >= 4 is 34.2 Å². The van der Waals surface area contributed by atoms with Crippen molar-refractivity contribution in [3.05, 3.63) is 72.7 Å². The number of aryl methyl sites for hydroxylation is 1. The van der Waals surface area contributed by atoms with Gasteiger partial charge in [-0.3, -0.25) is 14.5 Å². The Balaban J connectivity index is 1.11. The van der Waals surface area contributed by atoms with E-state index in [1.54, 1.807) is 53.5 Å². The number of likely N-dealkylation sites (tertiary alicyclic amines) is 1. The SMILES string of the molecule is Cn1ncc2cc(NC(=O)Nc3ccc(Oc4ccnc(C(=O)NCCN5CCCCC5)c4)cc3)ccc21. The molecule has 2 aromatic carbocycles. The largest absolute Gasteiger partial charge is 0.457 e. The minimum absolute atomic E-state index is 0.222. The molecule has 4 aromatic rings. The Morgan fingerprint density at radius 2 is 1.68 bits per heavy atom. The van der Waals surface area contributed by atoms with Crippen molar-refractivity contribution in [1.29, 1.82) is 0 Å². The Hall–Kier alpha value is -4.44. The molecule has 10 nitrogen and oxygen atoms in total. The Morgan fingerprint density at radius 1 is 0.921 bits per heavy atom. The predicted octanol–water partition coefficient (Wildman–Crippen LogP) is 4.62. The molecule has 3 amide bonds. The highest BCUT2D eigenvalue weighted by Gasteiger charge is 2.12. The number of pyridine rings is 1. The van der Waals surface area contributed by atoms with Crippen LogP contribution in [0.1, 0.15) is 29.8 Å². The number of fused-ring (bicyclic) bond motifs is 1. The summed E-state index contributed by atoms with van der Waals surface area (Å²) in [5.41, 5.74) is 2.58. The number of carbonyl (C=O) groups is 2. The highest BCUT2D eigenvalue weighted by Crippen LogP contribution is 2.24. The summed E-state index contributed by atoms with van der Waals surface area (Å²) < 4.78 is 7.68. The summed E-state index contributed by atoms with van der Waals surface area (Å²) in [5, 5.41) is 13.7. The molecule has 0 saturated carbocycles. The molecular formula is C28H31N7O3. The first-order valence-corrected chi connectivity index (χ1v) is 12.8. The van der Waals surface area contributed by atoms with Crippen LogP contribution in [0.3, 0.4) is 0 Å². The first-order chi connectivity index (χ1) is 18.5. The van der Waals surface area contributed by atoms with Gasteiger partial charge < -0.3 is 25.6 Å². The van der Waals surface area contributed by atoms with Crippen molar-refractivity contribution in [2.24, 2.45) is 7.05 Å². The van der Waals surface area contributed by atoms with Gasteiger partial charge in [-0.15, -0.1) is 0 Å². The second-order valence-electron chi connectivity index (χ2n) is 9.28. The lowest BCUT2D eigenvalue weighted by Gasteiger charge is -2.26. The molecule has 5 rings (SSSR count). The van der Waals surface area contributed by atoms with Gasteiger partial charge in [0.1, 0.15) is 17.2 Å². The van der Waals surface area contributed by atoms with Crippen molar-refractivity contribution in [3.8, 4) is 11.5 Å². The molecule has 0 radical (unpaired) electrons. The number of ether oxygens (including phenoxy) is 1. The molecule has 1 aliphatic heterocycles. The summed E-state index contributed by atoms with van der Waals surface area (Å²) in [6.45, 7) is 3.63. The van der Waals surface area contributed by atoms with E-state index in [2.05, 4.69) is 30.9 Å². The maximum atomic E-state index is 12.5. The van der Waals surface area contributed by atoms with Crippen LogP contribution in [-0.4, -0.2) is 57.8 Å². The summed E-state index contributed by atoms with van der Waals surface area (Å²) in [7, 11) is 1.87. The van der Waals surface area contributed by atoms with E-state index in [-0.39, 0.29) is 11.9 Å². The molecule has 0 unspecified atom stereocenters. The van der Waals surface area contributed by atoms with E-state index in [0.717, 1.165) is 30.5 Å². The number of hydrogen-bond donors (Lipinski definition) is 3. The van der Waals surface area contributed by atoms with Gasteiger partial charge >= 0.3 is 6.03 Å². The molecule has 1 aliphatic rings. The molecule has 0 aliphatic carbocycles. The van der Waals surface area contributed by atoms with Crippen LogP contribution < -0.4 is 20.7 Å². The van der Waals surface area contributed by atoms with Crippen LogP contribution in [0.15, 0.2) is 67.0 Å². The molecule has 0 spiro atoms. The van der Waals surface area contributed by atoms with E-state index in [9.17, 15) is 9.59 Å².